The van der Waals surface area contributed by atoms with Crippen LogP contribution in [-0.2, 0) is 16.2 Å². The van der Waals surface area contributed by atoms with Gasteiger partial charge in [-0.3, -0.25) is 9.59 Å². The minimum atomic E-state index is -0.607. The summed E-state index contributed by atoms with van der Waals surface area (Å²) >= 11 is 0. The molecule has 0 radical (unpaired) electrons. The largest absolute Gasteiger partial charge is 0.322 e. The van der Waals surface area contributed by atoms with Crippen molar-refractivity contribution in [2.75, 3.05) is 10.6 Å². The third-order valence-electron chi connectivity index (χ3n) is 10.1. The van der Waals surface area contributed by atoms with Gasteiger partial charge in [-0.1, -0.05) is 139 Å². The Hall–Kier alpha value is -5.74. The number of nitrogens with one attached hydrogen (secondary N) is 2. The van der Waals surface area contributed by atoms with Crippen molar-refractivity contribution in [1.29, 1.82) is 0 Å². The van der Waals surface area contributed by atoms with Gasteiger partial charge in [0.2, 0.25) is 0 Å². The molecular formula is C47H44N2O2. The highest BCUT2D eigenvalue weighted by atomic mass is 16.2. The highest BCUT2D eigenvalue weighted by Crippen LogP contribution is 2.56. The van der Waals surface area contributed by atoms with E-state index in [0.29, 0.717) is 11.1 Å². The summed E-state index contributed by atoms with van der Waals surface area (Å²) in [4.78, 5) is 26.5. The van der Waals surface area contributed by atoms with Gasteiger partial charge >= 0.3 is 0 Å². The Kier molecular flexibility index (Phi) is 8.51. The van der Waals surface area contributed by atoms with E-state index in [9.17, 15) is 9.59 Å². The minimum absolute atomic E-state index is 0.0193. The van der Waals surface area contributed by atoms with Gasteiger partial charge in [0.15, 0.2) is 0 Å². The number of hydrogen-bond acceptors (Lipinski definition) is 2. The molecule has 6 aromatic rings. The van der Waals surface area contributed by atoms with Gasteiger partial charge in [-0.05, 0) is 104 Å². The summed E-state index contributed by atoms with van der Waals surface area (Å²) in [6.45, 7) is 13.0. The van der Waals surface area contributed by atoms with Crippen LogP contribution in [0, 0.1) is 0 Å². The SMILES string of the molecule is CC(C)(C)c1ccc(C(=O)Nc2ccc(C3(c4ccc(NC(=O)c5ccc(C(C)(C)C)cc5)cc4)c4ccccc4-c4ccccc43)cc2)cc1. The molecule has 51 heavy (non-hydrogen) atoms. The highest BCUT2D eigenvalue weighted by molar-refractivity contribution is 6.05. The first-order valence-electron chi connectivity index (χ1n) is 17.6. The van der Waals surface area contributed by atoms with Crippen molar-refractivity contribution in [3.8, 4) is 11.1 Å². The number of benzene rings is 6. The van der Waals surface area contributed by atoms with Crippen LogP contribution < -0.4 is 10.6 Å². The van der Waals surface area contributed by atoms with Crippen molar-refractivity contribution in [3.63, 3.8) is 0 Å². The van der Waals surface area contributed by atoms with Crippen LogP contribution in [0.1, 0.15) is 95.6 Å². The molecule has 0 heterocycles. The van der Waals surface area contributed by atoms with Gasteiger partial charge in [0.1, 0.15) is 0 Å². The zero-order chi connectivity index (χ0) is 36.0. The van der Waals surface area contributed by atoms with Crippen molar-refractivity contribution in [1.82, 2.24) is 0 Å². The first-order valence-corrected chi connectivity index (χ1v) is 17.6. The molecule has 0 aromatic heterocycles. The van der Waals surface area contributed by atoms with E-state index in [1.165, 1.54) is 33.4 Å². The van der Waals surface area contributed by atoms with Crippen LogP contribution in [0.15, 0.2) is 146 Å². The fourth-order valence-electron chi connectivity index (χ4n) is 7.28. The smallest absolute Gasteiger partial charge is 0.255 e. The molecule has 0 bridgehead atoms. The molecule has 0 atom stereocenters. The van der Waals surface area contributed by atoms with Gasteiger partial charge in [-0.25, -0.2) is 0 Å². The molecule has 0 unspecified atom stereocenters. The van der Waals surface area contributed by atoms with E-state index in [1.54, 1.807) is 0 Å². The number of anilines is 2. The summed E-state index contributed by atoms with van der Waals surface area (Å²) in [6, 6.07) is 49.3. The lowest BCUT2D eigenvalue weighted by Crippen LogP contribution is -2.28. The Morgan fingerprint density at radius 2 is 0.765 bits per heavy atom. The van der Waals surface area contributed by atoms with Gasteiger partial charge in [0.25, 0.3) is 11.8 Å². The number of amides is 2. The van der Waals surface area contributed by atoms with E-state index in [-0.39, 0.29) is 22.6 Å². The fourth-order valence-corrected chi connectivity index (χ4v) is 7.28. The maximum absolute atomic E-state index is 13.2. The van der Waals surface area contributed by atoms with Crippen molar-refractivity contribution >= 4 is 23.2 Å². The van der Waals surface area contributed by atoms with E-state index in [0.717, 1.165) is 22.5 Å². The summed E-state index contributed by atoms with van der Waals surface area (Å²) in [5.41, 5.74) is 11.5. The molecule has 4 heteroatoms. The zero-order valence-electron chi connectivity index (χ0n) is 30.2. The second-order valence-corrected chi connectivity index (χ2v) is 15.6. The fraction of sp³-hybridized carbons (Fsp3) is 0.191. The van der Waals surface area contributed by atoms with E-state index in [2.05, 4.69) is 125 Å². The molecule has 0 aliphatic heterocycles. The predicted octanol–water partition coefficient (Wildman–Crippen LogP) is 11.1. The molecule has 1 aliphatic rings. The number of carbonyl (C=O) groups excluding carboxylic acids is 2. The molecule has 6 aromatic carbocycles. The Morgan fingerprint density at radius 1 is 0.431 bits per heavy atom. The Morgan fingerprint density at radius 3 is 1.10 bits per heavy atom. The van der Waals surface area contributed by atoms with E-state index >= 15 is 0 Å². The summed E-state index contributed by atoms with van der Waals surface area (Å²) in [5, 5.41) is 6.19. The van der Waals surface area contributed by atoms with Crippen molar-refractivity contribution in [2.24, 2.45) is 0 Å². The summed E-state index contributed by atoms with van der Waals surface area (Å²) < 4.78 is 0. The monoisotopic (exact) mass is 668 g/mol. The quantitative estimate of drug-likeness (QED) is 0.185. The van der Waals surface area contributed by atoms with Crippen LogP contribution in [0.25, 0.3) is 11.1 Å². The number of hydrogen-bond donors (Lipinski definition) is 2. The summed E-state index contributed by atoms with van der Waals surface area (Å²) in [6.07, 6.45) is 0. The second-order valence-electron chi connectivity index (χ2n) is 15.6. The van der Waals surface area contributed by atoms with Crippen LogP contribution in [0.5, 0.6) is 0 Å². The van der Waals surface area contributed by atoms with E-state index < -0.39 is 5.41 Å². The predicted molar refractivity (Wildman–Crippen MR) is 210 cm³/mol. The van der Waals surface area contributed by atoms with Gasteiger partial charge < -0.3 is 10.6 Å². The highest BCUT2D eigenvalue weighted by Gasteiger charge is 2.45. The van der Waals surface area contributed by atoms with E-state index in [4.69, 9.17) is 0 Å². The number of fused-ring (bicyclic) bond motifs is 3. The topological polar surface area (TPSA) is 58.2 Å². The van der Waals surface area contributed by atoms with Crippen LogP contribution in [0.3, 0.4) is 0 Å². The summed E-state index contributed by atoms with van der Waals surface area (Å²) in [5.74, 6) is -0.283. The average Bonchev–Trinajstić information content (AvgIpc) is 3.43. The first-order chi connectivity index (χ1) is 24.4. The molecule has 7 rings (SSSR count). The molecule has 0 fully saturated rings. The van der Waals surface area contributed by atoms with Crippen molar-refractivity contribution < 1.29 is 9.59 Å². The average molecular weight is 669 g/mol. The Bertz CT molecular complexity index is 2050. The Labute approximate surface area is 301 Å². The van der Waals surface area contributed by atoms with Gasteiger partial charge in [-0.2, -0.15) is 0 Å². The molecule has 4 nitrogen and oxygen atoms in total. The lowest BCUT2D eigenvalue weighted by Gasteiger charge is -2.34. The molecule has 2 amide bonds. The normalized spacial score (nSPS) is 13.2. The Balaban J connectivity index is 1.22. The van der Waals surface area contributed by atoms with Crippen molar-refractivity contribution in [3.05, 3.63) is 190 Å². The van der Waals surface area contributed by atoms with Crippen LogP contribution in [0.4, 0.5) is 11.4 Å². The number of carbonyl (C=O) groups is 2. The minimum Gasteiger partial charge on any atom is -0.322 e. The molecule has 1 aliphatic carbocycles. The van der Waals surface area contributed by atoms with Crippen LogP contribution >= 0.6 is 0 Å². The van der Waals surface area contributed by atoms with Gasteiger partial charge in [0.05, 0.1) is 5.41 Å². The van der Waals surface area contributed by atoms with Crippen LogP contribution in [0.2, 0.25) is 0 Å². The summed E-state index contributed by atoms with van der Waals surface area (Å²) in [7, 11) is 0. The molecule has 254 valence electrons. The van der Waals surface area contributed by atoms with E-state index in [1.807, 2.05) is 72.8 Å². The molecule has 2 N–H and O–H groups in total. The maximum atomic E-state index is 13.2. The first kappa shape index (κ1) is 33.7. The third-order valence-corrected chi connectivity index (χ3v) is 10.1. The third kappa shape index (κ3) is 6.27. The van der Waals surface area contributed by atoms with Gasteiger partial charge in [-0.15, -0.1) is 0 Å². The van der Waals surface area contributed by atoms with Gasteiger partial charge in [0, 0.05) is 22.5 Å². The van der Waals surface area contributed by atoms with Crippen molar-refractivity contribution in [2.45, 2.75) is 57.8 Å². The molecule has 0 spiro atoms. The van der Waals surface area contributed by atoms with Crippen LogP contribution in [-0.4, -0.2) is 11.8 Å². The lowest BCUT2D eigenvalue weighted by atomic mass is 9.67. The molecule has 0 saturated heterocycles. The maximum Gasteiger partial charge on any atom is 0.255 e. The molecule has 0 saturated carbocycles. The lowest BCUT2D eigenvalue weighted by molar-refractivity contribution is 0.101. The second kappa shape index (κ2) is 12.9. The number of rotatable bonds is 6. The molecular weight excluding hydrogens is 625 g/mol. The zero-order valence-corrected chi connectivity index (χ0v) is 30.2. The standard InChI is InChI=1S/C47H44N2O2/c1-45(2,3)33-19-15-31(16-20-33)43(50)48-37-27-23-35(24-28-37)47(41-13-9-7-11-39(41)40-12-8-10-14-42(40)47)36-25-29-38(30-26-36)49-44(51)32-17-21-34(22-18-32)46(4,5)6/h7-30H,1-6H3,(H,48,50)(H,49,51).